The van der Waals surface area contributed by atoms with E-state index in [1.165, 1.54) is 18.2 Å². The van der Waals surface area contributed by atoms with Crippen LogP contribution < -0.4 is 4.90 Å². The van der Waals surface area contributed by atoms with Gasteiger partial charge in [0.05, 0.1) is 0 Å². The summed E-state index contributed by atoms with van der Waals surface area (Å²) >= 11 is 0. The van der Waals surface area contributed by atoms with Gasteiger partial charge in [0.1, 0.15) is 0 Å². The van der Waals surface area contributed by atoms with E-state index in [2.05, 4.69) is 75.0 Å². The van der Waals surface area contributed by atoms with Gasteiger partial charge in [0, 0.05) is 19.3 Å². The summed E-state index contributed by atoms with van der Waals surface area (Å²) in [6.07, 6.45) is 1.22. The Labute approximate surface area is 121 Å². The van der Waals surface area contributed by atoms with Gasteiger partial charge in [0.2, 0.25) is 0 Å². The number of anilines is 1. The van der Waals surface area contributed by atoms with E-state index in [4.69, 9.17) is 4.12 Å². The molecule has 0 bridgehead atoms. The third-order valence-corrected chi connectivity index (χ3v) is 9.27. The van der Waals surface area contributed by atoms with Crippen LogP contribution in [0.15, 0.2) is 30.3 Å². The second kappa shape index (κ2) is 6.72. The number of para-hydroxylation sites is 1. The van der Waals surface area contributed by atoms with Crippen LogP contribution >= 0.6 is 0 Å². The molecule has 0 aromatic heterocycles. The molecule has 0 radical (unpaired) electrons. The molecule has 1 rings (SSSR count). The van der Waals surface area contributed by atoms with Crippen LogP contribution in [0, 0.1) is 0 Å². The Morgan fingerprint density at radius 1 is 1.00 bits per heavy atom. The molecule has 0 saturated heterocycles. The molecule has 2 nitrogen and oxygen atoms in total. The molecular formula is C15H29NOSi2. The zero-order valence-corrected chi connectivity index (χ0v) is 15.4. The van der Waals surface area contributed by atoms with Crippen LogP contribution in [0.5, 0.6) is 0 Å². The van der Waals surface area contributed by atoms with Crippen molar-refractivity contribution < 1.29 is 4.12 Å². The Morgan fingerprint density at radius 2 is 1.58 bits per heavy atom. The molecular weight excluding hydrogens is 266 g/mol. The lowest BCUT2D eigenvalue weighted by Crippen LogP contribution is -2.42. The summed E-state index contributed by atoms with van der Waals surface area (Å²) in [5.41, 5.74) is 1.30. The second-order valence-corrected chi connectivity index (χ2v) is 15.9. The molecule has 0 aliphatic rings. The lowest BCUT2D eigenvalue weighted by molar-refractivity contribution is 0.544. The molecule has 0 spiro atoms. The molecule has 0 aliphatic carbocycles. The van der Waals surface area contributed by atoms with Gasteiger partial charge in [-0.3, -0.25) is 0 Å². The van der Waals surface area contributed by atoms with Gasteiger partial charge < -0.3 is 9.02 Å². The first-order chi connectivity index (χ1) is 8.70. The molecule has 0 aliphatic heterocycles. The van der Waals surface area contributed by atoms with Gasteiger partial charge in [0.15, 0.2) is 16.6 Å². The van der Waals surface area contributed by atoms with E-state index >= 15 is 0 Å². The van der Waals surface area contributed by atoms with E-state index in [1.54, 1.807) is 0 Å². The minimum absolute atomic E-state index is 1.11. The van der Waals surface area contributed by atoms with Crippen molar-refractivity contribution in [1.82, 2.24) is 0 Å². The number of hydrogen-bond donors (Lipinski definition) is 0. The second-order valence-electron chi connectivity index (χ2n) is 6.83. The van der Waals surface area contributed by atoms with Crippen LogP contribution in [-0.2, 0) is 4.12 Å². The summed E-state index contributed by atoms with van der Waals surface area (Å²) in [6.45, 7) is 12.7. The Bertz CT molecular complexity index is 373. The molecule has 0 saturated carbocycles. The van der Waals surface area contributed by atoms with Gasteiger partial charge in [-0.1, -0.05) is 18.2 Å². The van der Waals surface area contributed by atoms with E-state index in [-0.39, 0.29) is 0 Å². The highest BCUT2D eigenvalue weighted by Gasteiger charge is 2.28. The number of rotatable bonds is 7. The first-order valence-corrected chi connectivity index (χ1v) is 13.7. The average Bonchev–Trinajstić information content (AvgIpc) is 2.26. The number of nitrogens with zero attached hydrogens (tertiary/aromatic N) is 1. The van der Waals surface area contributed by atoms with Gasteiger partial charge in [-0.15, -0.1) is 0 Å². The highest BCUT2D eigenvalue weighted by Crippen LogP contribution is 2.20. The smallest absolute Gasteiger partial charge is 0.173 e. The van der Waals surface area contributed by atoms with Gasteiger partial charge in [-0.2, -0.15) is 0 Å². The molecule has 19 heavy (non-hydrogen) atoms. The number of benzene rings is 1. The Balaban J connectivity index is 2.38. The van der Waals surface area contributed by atoms with Crippen molar-refractivity contribution in [3.63, 3.8) is 0 Å². The summed E-state index contributed by atoms with van der Waals surface area (Å²) in [4.78, 5) is 2.33. The van der Waals surface area contributed by atoms with Crippen LogP contribution in [0.4, 0.5) is 5.69 Å². The van der Waals surface area contributed by atoms with E-state index in [9.17, 15) is 0 Å². The molecule has 1 aromatic rings. The van der Waals surface area contributed by atoms with Gasteiger partial charge in [0.25, 0.3) is 0 Å². The molecule has 0 amide bonds. The Kier molecular flexibility index (Phi) is 5.83. The molecule has 0 atom stereocenters. The van der Waals surface area contributed by atoms with Crippen LogP contribution in [0.1, 0.15) is 6.42 Å². The fourth-order valence-electron chi connectivity index (χ4n) is 2.43. The maximum absolute atomic E-state index is 6.37. The molecule has 0 fully saturated rings. The standard InChI is InChI=1S/C15H29NOSi2/c1-16(15-11-8-7-9-12-15)13-10-14-19(5,6)17-18(2,3)4/h7-9,11-12H,10,13-14H2,1-6H3. The van der Waals surface area contributed by atoms with Gasteiger partial charge in [-0.05, 0) is 57.3 Å². The van der Waals surface area contributed by atoms with Crippen molar-refractivity contribution >= 4 is 22.3 Å². The molecule has 108 valence electrons. The van der Waals surface area contributed by atoms with Gasteiger partial charge in [-0.25, -0.2) is 0 Å². The largest absolute Gasteiger partial charge is 0.456 e. The van der Waals surface area contributed by atoms with E-state index < -0.39 is 16.6 Å². The molecule has 1 aromatic carbocycles. The van der Waals surface area contributed by atoms with Gasteiger partial charge >= 0.3 is 0 Å². The first-order valence-electron chi connectivity index (χ1n) is 7.16. The lowest BCUT2D eigenvalue weighted by atomic mass is 10.3. The SMILES string of the molecule is CN(CCC[Si](C)(C)O[Si](C)(C)C)c1ccccc1. The molecule has 0 heterocycles. The first kappa shape index (κ1) is 16.5. The quantitative estimate of drug-likeness (QED) is 0.683. The highest BCUT2D eigenvalue weighted by molar-refractivity contribution is 6.84. The molecule has 4 heteroatoms. The van der Waals surface area contributed by atoms with Crippen LogP contribution in [-0.4, -0.2) is 30.2 Å². The predicted octanol–water partition coefficient (Wildman–Crippen LogP) is 4.57. The zero-order chi connectivity index (χ0) is 14.5. The molecule has 0 N–H and O–H groups in total. The summed E-state index contributed by atoms with van der Waals surface area (Å²) in [7, 11) is -0.687. The highest BCUT2D eigenvalue weighted by atomic mass is 28.4. The average molecular weight is 296 g/mol. The summed E-state index contributed by atoms with van der Waals surface area (Å²) in [5, 5.41) is 0. The van der Waals surface area contributed by atoms with E-state index in [0.29, 0.717) is 0 Å². The lowest BCUT2D eigenvalue weighted by Gasteiger charge is -2.32. The zero-order valence-electron chi connectivity index (χ0n) is 13.4. The minimum Gasteiger partial charge on any atom is -0.456 e. The minimum atomic E-state index is -1.47. The molecule has 0 unspecified atom stereocenters. The van der Waals surface area contributed by atoms with Crippen molar-refractivity contribution in [1.29, 1.82) is 0 Å². The maximum Gasteiger partial charge on any atom is 0.173 e. The normalized spacial score (nSPS) is 12.5. The van der Waals surface area contributed by atoms with Crippen LogP contribution in [0.25, 0.3) is 0 Å². The Hall–Kier alpha value is -0.586. The van der Waals surface area contributed by atoms with E-state index in [0.717, 1.165) is 6.54 Å². The Morgan fingerprint density at radius 3 is 2.11 bits per heavy atom. The summed E-state index contributed by atoms with van der Waals surface area (Å²) < 4.78 is 6.37. The maximum atomic E-state index is 6.37. The van der Waals surface area contributed by atoms with Crippen molar-refractivity contribution in [3.05, 3.63) is 30.3 Å². The van der Waals surface area contributed by atoms with E-state index in [1.807, 2.05) is 0 Å². The van der Waals surface area contributed by atoms with Crippen molar-refractivity contribution in [3.8, 4) is 0 Å². The third-order valence-electron chi connectivity index (χ3n) is 3.05. The monoisotopic (exact) mass is 295 g/mol. The van der Waals surface area contributed by atoms with Crippen molar-refractivity contribution in [2.75, 3.05) is 18.5 Å². The van der Waals surface area contributed by atoms with Crippen molar-refractivity contribution in [2.24, 2.45) is 0 Å². The predicted molar refractivity (Wildman–Crippen MR) is 91.0 cm³/mol. The van der Waals surface area contributed by atoms with Crippen LogP contribution in [0.3, 0.4) is 0 Å². The van der Waals surface area contributed by atoms with Crippen LogP contribution in [0.2, 0.25) is 38.8 Å². The van der Waals surface area contributed by atoms with Crippen molar-refractivity contribution in [2.45, 2.75) is 45.2 Å². The summed E-state index contributed by atoms with van der Waals surface area (Å²) in [5.74, 6) is 0. The topological polar surface area (TPSA) is 12.5 Å². The summed E-state index contributed by atoms with van der Waals surface area (Å²) in [6, 6.07) is 11.8. The third kappa shape index (κ3) is 6.94. The fourth-order valence-corrected chi connectivity index (χ4v) is 10.5. The fraction of sp³-hybridized carbons (Fsp3) is 0.600. The number of hydrogen-bond acceptors (Lipinski definition) is 2.